The zero-order valence-electron chi connectivity index (χ0n) is 28.1. The van der Waals surface area contributed by atoms with E-state index in [0.717, 1.165) is 38.4 Å². The number of esters is 1. The summed E-state index contributed by atoms with van der Waals surface area (Å²) in [4.78, 5) is 43.5. The molecule has 5 atom stereocenters. The number of amides is 2. The fourth-order valence-electron chi connectivity index (χ4n) is 6.49. The van der Waals surface area contributed by atoms with E-state index in [1.165, 1.54) is 34.8 Å². The molecule has 0 spiro atoms. The van der Waals surface area contributed by atoms with Crippen LogP contribution in [0.4, 0.5) is 15.0 Å². The largest absolute Gasteiger partial charge is 0.457 e. The number of alkyl carbamates (subject to hydrolysis) is 1. The predicted octanol–water partition coefficient (Wildman–Crippen LogP) is 4.71. The number of ether oxygens (including phenoxy) is 3. The second-order valence-corrected chi connectivity index (χ2v) is 13.7. The van der Waals surface area contributed by atoms with Gasteiger partial charge in [-0.05, 0) is 75.8 Å². The number of aromatic nitrogens is 3. The first-order valence-corrected chi connectivity index (χ1v) is 16.7. The number of nitrogens with one attached hydrogen (secondary N) is 2. The zero-order chi connectivity index (χ0) is 35.3. The Bertz CT molecular complexity index is 1690. The number of aliphatic hydroxyl groups is 1. The third-order valence-electron chi connectivity index (χ3n) is 8.88. The molecule has 0 unspecified atom stereocenters. The molecule has 2 aromatic heterocycles. The number of aliphatic hydroxyl groups excluding tert-OH is 1. The van der Waals surface area contributed by atoms with Gasteiger partial charge in [-0.25, -0.2) is 18.7 Å². The van der Waals surface area contributed by atoms with E-state index >= 15 is 0 Å². The number of hydrogen-bond donors (Lipinski definition) is 3. The Morgan fingerprint density at radius 1 is 1.16 bits per heavy atom. The van der Waals surface area contributed by atoms with Crippen molar-refractivity contribution in [3.05, 3.63) is 59.8 Å². The molecular weight excluding hydrogens is 635 g/mol. The van der Waals surface area contributed by atoms with Crippen molar-refractivity contribution in [1.82, 2.24) is 19.9 Å². The summed E-state index contributed by atoms with van der Waals surface area (Å²) < 4.78 is 32.2. The number of carbonyl (C=O) groups is 3. The number of hydrogen-bond acceptors (Lipinski definition) is 10. The molecule has 1 aromatic carbocycles. The summed E-state index contributed by atoms with van der Waals surface area (Å²) in [5.41, 5.74) is -1.79. The summed E-state index contributed by atoms with van der Waals surface area (Å²) in [5.74, 6) is -1.26. The fraction of sp³-hybridized carbons (Fsp3) is 0.543. The van der Waals surface area contributed by atoms with Crippen LogP contribution in [0.3, 0.4) is 0 Å². The second kappa shape index (κ2) is 14.9. The first-order valence-electron chi connectivity index (χ1n) is 16.7. The Morgan fingerprint density at radius 3 is 2.53 bits per heavy atom. The first-order chi connectivity index (χ1) is 23.3. The summed E-state index contributed by atoms with van der Waals surface area (Å²) >= 11 is 0. The quantitative estimate of drug-likeness (QED) is 0.255. The van der Waals surface area contributed by atoms with Crippen LogP contribution in [-0.4, -0.2) is 67.6 Å². The standard InChI is InChI=1S/C35H43FN6O7/c1-5-26-29(47-28(43)18-21-9-7-6-8-10-21)30(44)35(19-37,48-26)27-16-15-25-31(38-20-39-42(25)27)41-32(45)24(40-33(46)49-34(2,3)4)17-22-11-13-23(36)14-12-22/h11-16,20-21,24,26,29-30,44H,5-10,17-18H2,1-4H3,(H,40,46)(H,38,39,41,45)/t24-,26+,29+,30+,35-/m0/s1. The molecule has 0 bridgehead atoms. The molecular formula is C35H43FN6O7. The van der Waals surface area contributed by atoms with Gasteiger partial charge >= 0.3 is 12.1 Å². The molecule has 14 heteroatoms. The molecule has 49 heavy (non-hydrogen) atoms. The lowest BCUT2D eigenvalue weighted by molar-refractivity contribution is -0.157. The molecule has 3 heterocycles. The fourth-order valence-corrected chi connectivity index (χ4v) is 6.49. The van der Waals surface area contributed by atoms with Crippen LogP contribution in [0.5, 0.6) is 0 Å². The average Bonchev–Trinajstić information content (AvgIpc) is 3.61. The monoisotopic (exact) mass is 678 g/mol. The molecule has 2 fully saturated rings. The Hall–Kier alpha value is -4.61. The van der Waals surface area contributed by atoms with Gasteiger partial charge in [0.15, 0.2) is 11.9 Å². The maximum absolute atomic E-state index is 13.6. The number of rotatable bonds is 10. The Balaban J connectivity index is 1.39. The van der Waals surface area contributed by atoms with E-state index in [2.05, 4.69) is 26.8 Å². The maximum Gasteiger partial charge on any atom is 0.408 e. The second-order valence-electron chi connectivity index (χ2n) is 13.7. The van der Waals surface area contributed by atoms with E-state index in [9.17, 15) is 29.1 Å². The lowest BCUT2D eigenvalue weighted by Gasteiger charge is -2.26. The van der Waals surface area contributed by atoms with E-state index in [0.29, 0.717) is 12.0 Å². The minimum Gasteiger partial charge on any atom is -0.457 e. The molecule has 2 amide bonds. The normalized spacial score (nSPS) is 23.4. The number of fused-ring (bicyclic) bond motifs is 1. The van der Waals surface area contributed by atoms with Crippen molar-refractivity contribution in [3.63, 3.8) is 0 Å². The van der Waals surface area contributed by atoms with Crippen molar-refractivity contribution >= 4 is 29.3 Å². The third-order valence-corrected chi connectivity index (χ3v) is 8.88. The smallest absolute Gasteiger partial charge is 0.408 e. The summed E-state index contributed by atoms with van der Waals surface area (Å²) in [6.07, 6.45) is 2.78. The third kappa shape index (κ3) is 8.17. The van der Waals surface area contributed by atoms with Crippen molar-refractivity contribution in [3.8, 4) is 6.07 Å². The summed E-state index contributed by atoms with van der Waals surface area (Å²) in [6, 6.07) is 9.56. The Kier molecular flexibility index (Phi) is 10.8. The molecule has 13 nitrogen and oxygen atoms in total. The molecule has 5 rings (SSSR count). The lowest BCUT2D eigenvalue weighted by Crippen LogP contribution is -2.47. The highest BCUT2D eigenvalue weighted by Crippen LogP contribution is 2.43. The van der Waals surface area contributed by atoms with Gasteiger partial charge < -0.3 is 30.0 Å². The van der Waals surface area contributed by atoms with Crippen LogP contribution < -0.4 is 10.6 Å². The number of halogens is 1. The van der Waals surface area contributed by atoms with Crippen molar-refractivity contribution < 1.29 is 38.1 Å². The van der Waals surface area contributed by atoms with Gasteiger partial charge in [-0.3, -0.25) is 9.59 Å². The Labute approximate surface area is 284 Å². The van der Waals surface area contributed by atoms with Gasteiger partial charge in [-0.2, -0.15) is 10.4 Å². The minimum absolute atomic E-state index is 0.00975. The first kappa shape index (κ1) is 35.7. The summed E-state index contributed by atoms with van der Waals surface area (Å²) in [7, 11) is 0. The summed E-state index contributed by atoms with van der Waals surface area (Å²) in [5, 5.41) is 31.6. The molecule has 262 valence electrons. The Morgan fingerprint density at radius 2 is 1.88 bits per heavy atom. The van der Waals surface area contributed by atoms with Crippen molar-refractivity contribution in [2.45, 2.75) is 115 Å². The average molecular weight is 679 g/mol. The van der Waals surface area contributed by atoms with Crippen LogP contribution in [-0.2, 0) is 35.8 Å². The molecule has 1 saturated carbocycles. The van der Waals surface area contributed by atoms with Gasteiger partial charge in [0.25, 0.3) is 0 Å². The number of benzene rings is 1. The van der Waals surface area contributed by atoms with Gasteiger partial charge in [0.2, 0.25) is 11.5 Å². The number of carbonyl (C=O) groups excluding carboxylic acids is 3. The van der Waals surface area contributed by atoms with Gasteiger partial charge in [-0.1, -0.05) is 38.3 Å². The number of nitrogens with zero attached hydrogens (tertiary/aromatic N) is 4. The molecule has 1 saturated heterocycles. The number of anilines is 1. The van der Waals surface area contributed by atoms with Crippen LogP contribution in [0.2, 0.25) is 0 Å². The van der Waals surface area contributed by atoms with Crippen LogP contribution in [0.25, 0.3) is 5.52 Å². The molecule has 0 radical (unpaired) electrons. The lowest BCUT2D eigenvalue weighted by atomic mass is 9.87. The molecule has 1 aliphatic heterocycles. The van der Waals surface area contributed by atoms with Crippen LogP contribution in [0.15, 0.2) is 42.7 Å². The highest BCUT2D eigenvalue weighted by Gasteiger charge is 2.59. The van der Waals surface area contributed by atoms with Crippen molar-refractivity contribution in [2.75, 3.05) is 5.32 Å². The maximum atomic E-state index is 13.6. The van der Waals surface area contributed by atoms with Crippen LogP contribution in [0.1, 0.15) is 83.9 Å². The van der Waals surface area contributed by atoms with Crippen molar-refractivity contribution in [2.24, 2.45) is 5.92 Å². The van der Waals surface area contributed by atoms with Crippen LogP contribution >= 0.6 is 0 Å². The molecule has 3 aromatic rings. The number of nitriles is 1. The van der Waals surface area contributed by atoms with Gasteiger partial charge in [-0.15, -0.1) is 0 Å². The van der Waals surface area contributed by atoms with Gasteiger partial charge in [0.05, 0.1) is 11.8 Å². The van der Waals surface area contributed by atoms with E-state index in [1.807, 2.05) is 6.92 Å². The molecule has 2 aliphatic rings. The van der Waals surface area contributed by atoms with E-state index in [1.54, 1.807) is 26.8 Å². The van der Waals surface area contributed by atoms with E-state index in [-0.39, 0.29) is 35.8 Å². The topological polar surface area (TPSA) is 177 Å². The van der Waals surface area contributed by atoms with Gasteiger partial charge in [0, 0.05) is 12.8 Å². The van der Waals surface area contributed by atoms with Gasteiger partial charge in [0.1, 0.15) is 41.5 Å². The van der Waals surface area contributed by atoms with E-state index < -0.39 is 59.3 Å². The summed E-state index contributed by atoms with van der Waals surface area (Å²) in [6.45, 7) is 6.88. The van der Waals surface area contributed by atoms with Crippen molar-refractivity contribution in [1.29, 1.82) is 5.26 Å². The van der Waals surface area contributed by atoms with Crippen LogP contribution in [0, 0.1) is 23.1 Å². The zero-order valence-corrected chi connectivity index (χ0v) is 28.1. The molecule has 3 N–H and O–H groups in total. The highest BCUT2D eigenvalue weighted by atomic mass is 19.1. The minimum atomic E-state index is -1.96. The molecule has 1 aliphatic carbocycles. The van der Waals surface area contributed by atoms with E-state index in [4.69, 9.17) is 14.2 Å². The predicted molar refractivity (Wildman–Crippen MR) is 174 cm³/mol. The highest BCUT2D eigenvalue weighted by molar-refractivity contribution is 5.98. The SMILES string of the molecule is CC[C@H]1O[C@@](C#N)(c2ccc3c(NC(=O)[C@H](Cc4ccc(F)cc4)NC(=O)OC(C)(C)C)ncnn23)[C@H](O)[C@@H]1OC(=O)CC1CCCCC1.